The number of rotatable bonds is 9. The van der Waals surface area contributed by atoms with E-state index in [9.17, 15) is 0 Å². The molecule has 0 amide bonds. The molecule has 0 aliphatic heterocycles. The Kier molecular flexibility index (Phi) is 14.3. The molecular formula is C88H54N10. The van der Waals surface area contributed by atoms with E-state index in [0.717, 1.165) is 189 Å². The molecule has 10 aromatic heterocycles. The molecule has 0 saturated heterocycles. The SMILES string of the molecule is c1ccc(-c2ccc3cc(-c4ccc5ccc(-c6ccc7ccc(-c8ccccn8)nc7c6)cc5n4)c4ccc(-c5ccccc5)nc4c3n2)cc1.c1ccc(-c2ccc3ccc(-c4ccc5ccc(-c6cccc(-c7ccc8ccc9cccnc9c8n7)c6)nc5c4)cc3n2)nc1. The third-order valence-corrected chi connectivity index (χ3v) is 18.2. The van der Waals surface area contributed by atoms with Crippen LogP contribution in [0.4, 0.5) is 0 Å². The first-order valence-corrected chi connectivity index (χ1v) is 32.6. The van der Waals surface area contributed by atoms with E-state index in [4.69, 9.17) is 34.9 Å². The van der Waals surface area contributed by atoms with Crippen molar-refractivity contribution < 1.29 is 0 Å². The molecule has 0 fully saturated rings. The third kappa shape index (κ3) is 11.0. The topological polar surface area (TPSA) is 129 Å². The molecule has 10 heterocycles. The number of nitrogens with zero attached hydrogens (tertiary/aromatic N) is 10. The lowest BCUT2D eigenvalue weighted by atomic mass is 9.98. The molecule has 0 N–H and O–H groups in total. The minimum absolute atomic E-state index is 0.856. The first-order chi connectivity index (χ1) is 48.5. The number of hydrogen-bond acceptors (Lipinski definition) is 10. The summed E-state index contributed by atoms with van der Waals surface area (Å²) in [5.74, 6) is 0. The van der Waals surface area contributed by atoms with Crippen LogP contribution in [0.1, 0.15) is 0 Å². The lowest BCUT2D eigenvalue weighted by Gasteiger charge is -2.13. The zero-order chi connectivity index (χ0) is 64.9. The quantitative estimate of drug-likeness (QED) is 0.129. The molecule has 0 saturated carbocycles. The van der Waals surface area contributed by atoms with Crippen LogP contribution in [0.2, 0.25) is 0 Å². The van der Waals surface area contributed by atoms with Gasteiger partial charge in [0.1, 0.15) is 0 Å². The summed E-state index contributed by atoms with van der Waals surface area (Å²) >= 11 is 0. The highest BCUT2D eigenvalue weighted by molar-refractivity contribution is 6.11. The second-order valence-electron chi connectivity index (χ2n) is 24.4. The van der Waals surface area contributed by atoms with Gasteiger partial charge in [-0.3, -0.25) is 15.0 Å². The summed E-state index contributed by atoms with van der Waals surface area (Å²) in [6.07, 6.45) is 5.42. The highest BCUT2D eigenvalue weighted by Crippen LogP contribution is 2.38. The smallest absolute Gasteiger partial charge is 0.0979 e. The van der Waals surface area contributed by atoms with Crippen LogP contribution in [0.25, 0.3) is 189 Å². The van der Waals surface area contributed by atoms with Crippen LogP contribution in [0, 0.1) is 0 Å². The number of benzene rings is 9. The minimum Gasteiger partial charge on any atom is -0.255 e. The molecule has 9 aromatic carbocycles. The number of hydrogen-bond donors (Lipinski definition) is 0. The summed E-state index contributed by atoms with van der Waals surface area (Å²) in [6, 6.07) is 106. The van der Waals surface area contributed by atoms with E-state index in [2.05, 4.69) is 233 Å². The van der Waals surface area contributed by atoms with E-state index in [1.54, 1.807) is 12.4 Å². The summed E-state index contributed by atoms with van der Waals surface area (Å²) in [6.45, 7) is 0. The molecule has 19 aromatic rings. The van der Waals surface area contributed by atoms with E-state index >= 15 is 0 Å². The summed E-state index contributed by atoms with van der Waals surface area (Å²) in [5, 5.41) is 8.54. The van der Waals surface area contributed by atoms with Crippen molar-refractivity contribution in [3.05, 3.63) is 328 Å². The van der Waals surface area contributed by atoms with Crippen molar-refractivity contribution in [1.29, 1.82) is 0 Å². The molecule has 0 aliphatic rings. The van der Waals surface area contributed by atoms with Gasteiger partial charge in [-0.15, -0.1) is 0 Å². The molecule has 0 bridgehead atoms. The largest absolute Gasteiger partial charge is 0.255 e. The van der Waals surface area contributed by atoms with Crippen LogP contribution >= 0.6 is 0 Å². The normalized spacial score (nSPS) is 11.5. The summed E-state index contributed by atoms with van der Waals surface area (Å²) in [4.78, 5) is 49.4. The summed E-state index contributed by atoms with van der Waals surface area (Å²) in [5.41, 5.74) is 24.9. The van der Waals surface area contributed by atoms with E-state index in [1.165, 1.54) is 0 Å². The van der Waals surface area contributed by atoms with Gasteiger partial charge in [0.05, 0.1) is 95.4 Å². The van der Waals surface area contributed by atoms with Crippen LogP contribution in [0.5, 0.6) is 0 Å². The first-order valence-electron chi connectivity index (χ1n) is 32.6. The molecule has 0 unspecified atom stereocenters. The van der Waals surface area contributed by atoms with Crippen molar-refractivity contribution >= 4 is 87.2 Å². The van der Waals surface area contributed by atoms with Crippen molar-refractivity contribution in [2.45, 2.75) is 0 Å². The Morgan fingerprint density at radius 1 is 0.163 bits per heavy atom. The molecule has 19 rings (SSSR count). The van der Waals surface area contributed by atoms with Gasteiger partial charge in [0, 0.05) is 89.5 Å². The number of fused-ring (bicyclic) bond motifs is 10. The highest BCUT2D eigenvalue weighted by Gasteiger charge is 2.17. The van der Waals surface area contributed by atoms with Gasteiger partial charge in [0.15, 0.2) is 0 Å². The number of pyridine rings is 10. The number of aromatic nitrogens is 10. The van der Waals surface area contributed by atoms with Crippen molar-refractivity contribution in [1.82, 2.24) is 49.8 Å². The fourth-order valence-electron chi connectivity index (χ4n) is 13.2. The minimum atomic E-state index is 0.856. The average molecular weight is 1250 g/mol. The highest BCUT2D eigenvalue weighted by atomic mass is 14.8. The van der Waals surface area contributed by atoms with Crippen molar-refractivity contribution in [3.8, 4) is 101 Å². The maximum Gasteiger partial charge on any atom is 0.0979 e. The molecule has 0 atom stereocenters. The Bertz CT molecular complexity index is 6310. The molecule has 10 heteroatoms. The van der Waals surface area contributed by atoms with Crippen LogP contribution in [-0.2, 0) is 0 Å². The van der Waals surface area contributed by atoms with E-state index in [0.29, 0.717) is 0 Å². The molecule has 10 nitrogen and oxygen atoms in total. The Morgan fingerprint density at radius 2 is 0.531 bits per heavy atom. The Hall–Kier alpha value is -13.4. The lowest BCUT2D eigenvalue weighted by molar-refractivity contribution is 1.28. The average Bonchev–Trinajstić information content (AvgIpc) is 0.753. The van der Waals surface area contributed by atoms with Crippen LogP contribution in [0.3, 0.4) is 0 Å². The predicted molar refractivity (Wildman–Crippen MR) is 400 cm³/mol. The Balaban J connectivity index is 0.000000143. The zero-order valence-corrected chi connectivity index (χ0v) is 52.6. The van der Waals surface area contributed by atoms with Gasteiger partial charge < -0.3 is 0 Å². The van der Waals surface area contributed by atoms with Gasteiger partial charge in [-0.1, -0.05) is 194 Å². The summed E-state index contributed by atoms with van der Waals surface area (Å²) in [7, 11) is 0. The van der Waals surface area contributed by atoms with Gasteiger partial charge in [-0.2, -0.15) is 0 Å². The van der Waals surface area contributed by atoms with Gasteiger partial charge >= 0.3 is 0 Å². The van der Waals surface area contributed by atoms with Crippen LogP contribution in [0.15, 0.2) is 328 Å². The second kappa shape index (κ2) is 24.5. The predicted octanol–water partition coefficient (Wildman–Crippen LogP) is 21.6. The Labute approximate surface area is 563 Å². The van der Waals surface area contributed by atoms with E-state index < -0.39 is 0 Å². The summed E-state index contributed by atoms with van der Waals surface area (Å²) < 4.78 is 0. The first kappa shape index (κ1) is 57.2. The second-order valence-corrected chi connectivity index (χ2v) is 24.4. The molecule has 0 spiro atoms. The molecule has 0 aliphatic carbocycles. The maximum atomic E-state index is 5.28. The third-order valence-electron chi connectivity index (χ3n) is 18.2. The van der Waals surface area contributed by atoms with Crippen LogP contribution in [-0.4, -0.2) is 49.8 Å². The molecular weight excluding hydrogens is 1200 g/mol. The van der Waals surface area contributed by atoms with Crippen molar-refractivity contribution in [2.24, 2.45) is 0 Å². The van der Waals surface area contributed by atoms with Gasteiger partial charge in [-0.05, 0) is 138 Å². The molecule has 98 heavy (non-hydrogen) atoms. The maximum absolute atomic E-state index is 5.28. The van der Waals surface area contributed by atoms with E-state index in [1.807, 2.05) is 97.2 Å². The van der Waals surface area contributed by atoms with E-state index in [-0.39, 0.29) is 0 Å². The monoisotopic (exact) mass is 1250 g/mol. The van der Waals surface area contributed by atoms with Gasteiger partial charge in [-0.25, -0.2) is 34.9 Å². The molecule has 0 radical (unpaired) electrons. The zero-order valence-electron chi connectivity index (χ0n) is 52.6. The van der Waals surface area contributed by atoms with Crippen molar-refractivity contribution in [3.63, 3.8) is 0 Å². The van der Waals surface area contributed by atoms with Crippen LogP contribution < -0.4 is 0 Å². The standard InChI is InChI=1S/C47H29N5.C41H25N5/c1-3-9-30(10-4-1)39-22-20-36-27-38(37-21-25-40(31-11-5-2-6-12-31)52-47(37)46(36)51-39)41-23-18-32-14-16-34(28-44(32)49-41)35-17-15-33-19-24-43(50-45(33)29-35)42-13-7-8-26-48-42;1-2-21-42-36(8-1)37-20-16-27-10-14-31(25-39(27)45-37)30-13-9-26-15-18-34(44-38(26)24-30)32-5-3-6-33(23-32)35-19-17-29-12-11-28-7-4-22-43-40(28)41(29)46-35/h1-29H;1-25H. The Morgan fingerprint density at radius 3 is 1.05 bits per heavy atom. The van der Waals surface area contributed by atoms with Crippen molar-refractivity contribution in [2.75, 3.05) is 0 Å². The van der Waals surface area contributed by atoms with Gasteiger partial charge in [0.2, 0.25) is 0 Å². The van der Waals surface area contributed by atoms with Gasteiger partial charge in [0.25, 0.3) is 0 Å². The lowest BCUT2D eigenvalue weighted by Crippen LogP contribution is -1.94. The fourth-order valence-corrected chi connectivity index (χ4v) is 13.2. The molecule has 456 valence electrons. The fraction of sp³-hybridized carbons (Fsp3) is 0.